The highest BCUT2D eigenvalue weighted by Gasteiger charge is 2.13. The van der Waals surface area contributed by atoms with Gasteiger partial charge in [-0.2, -0.15) is 0 Å². The molecule has 94 valence electrons. The van der Waals surface area contributed by atoms with Crippen LogP contribution in [0.2, 0.25) is 15.1 Å². The van der Waals surface area contributed by atoms with Crippen molar-refractivity contribution in [1.29, 1.82) is 0 Å². The maximum Gasteiger partial charge on any atom is 0.187 e. The summed E-state index contributed by atoms with van der Waals surface area (Å²) in [7, 11) is 0. The smallest absolute Gasteiger partial charge is 0.187 e. The first-order valence-corrected chi connectivity index (χ1v) is 5.95. The summed E-state index contributed by atoms with van der Waals surface area (Å²) >= 11 is 17.3. The molecule has 6 heteroatoms. The van der Waals surface area contributed by atoms with Gasteiger partial charge in [0.25, 0.3) is 0 Å². The molecule has 0 aliphatic carbocycles. The number of rotatable bonds is 2. The molecule has 0 spiro atoms. The van der Waals surface area contributed by atoms with Gasteiger partial charge >= 0.3 is 0 Å². The molecule has 18 heavy (non-hydrogen) atoms. The number of benzene rings is 2. The van der Waals surface area contributed by atoms with Gasteiger partial charge in [0, 0.05) is 22.2 Å². The van der Waals surface area contributed by atoms with Crippen molar-refractivity contribution in [3.63, 3.8) is 0 Å². The van der Waals surface area contributed by atoms with Gasteiger partial charge in [0.2, 0.25) is 0 Å². The van der Waals surface area contributed by atoms with E-state index in [9.17, 15) is 10.2 Å². The fraction of sp³-hybridized carbons (Fsp3) is 0. The lowest BCUT2D eigenvalue weighted by atomic mass is 10.3. The number of ether oxygens (including phenoxy) is 1. The highest BCUT2D eigenvalue weighted by molar-refractivity contribution is 6.36. The summed E-state index contributed by atoms with van der Waals surface area (Å²) in [5.74, 6) is -0.243. The molecule has 0 saturated heterocycles. The number of aromatic hydroxyl groups is 2. The number of hydrogen-bond donors (Lipinski definition) is 2. The Morgan fingerprint density at radius 3 is 2.11 bits per heavy atom. The van der Waals surface area contributed by atoms with Crippen molar-refractivity contribution < 1.29 is 14.9 Å². The van der Waals surface area contributed by atoms with Crippen LogP contribution in [-0.2, 0) is 0 Å². The van der Waals surface area contributed by atoms with Crippen molar-refractivity contribution in [2.45, 2.75) is 0 Å². The summed E-state index contributed by atoms with van der Waals surface area (Å²) in [5.41, 5.74) is 0. The highest BCUT2D eigenvalue weighted by Crippen LogP contribution is 2.42. The van der Waals surface area contributed by atoms with E-state index in [1.165, 1.54) is 30.3 Å². The molecule has 2 aromatic rings. The molecule has 0 bridgehead atoms. The Morgan fingerprint density at radius 2 is 1.50 bits per heavy atom. The molecule has 0 radical (unpaired) electrons. The lowest BCUT2D eigenvalue weighted by Crippen LogP contribution is -1.87. The van der Waals surface area contributed by atoms with E-state index in [1.807, 2.05) is 0 Å². The number of hydrogen-bond acceptors (Lipinski definition) is 3. The van der Waals surface area contributed by atoms with Gasteiger partial charge in [-0.15, -0.1) is 0 Å². The lowest BCUT2D eigenvalue weighted by molar-refractivity contribution is 0.385. The van der Waals surface area contributed by atoms with Crippen molar-refractivity contribution in [3.8, 4) is 23.0 Å². The SMILES string of the molecule is Oc1cc(Cl)ccc1Oc1c(O)cc(Cl)cc1Cl. The standard InChI is InChI=1S/C12H7Cl3O3/c13-6-1-2-11(9(16)4-6)18-12-8(15)3-7(14)5-10(12)17/h1-5,16-17H. The van der Waals surface area contributed by atoms with E-state index in [0.717, 1.165) is 0 Å². The Labute approximate surface area is 118 Å². The minimum Gasteiger partial charge on any atom is -0.504 e. The summed E-state index contributed by atoms with van der Waals surface area (Å²) < 4.78 is 5.33. The molecule has 0 heterocycles. The molecule has 3 nitrogen and oxygen atoms in total. The van der Waals surface area contributed by atoms with E-state index in [2.05, 4.69) is 0 Å². The van der Waals surface area contributed by atoms with E-state index < -0.39 is 0 Å². The molecule has 0 amide bonds. The zero-order chi connectivity index (χ0) is 13.3. The van der Waals surface area contributed by atoms with Crippen LogP contribution in [0.15, 0.2) is 30.3 Å². The van der Waals surface area contributed by atoms with E-state index >= 15 is 0 Å². The summed E-state index contributed by atoms with van der Waals surface area (Å²) in [4.78, 5) is 0. The first-order chi connectivity index (χ1) is 8.47. The van der Waals surface area contributed by atoms with Crippen LogP contribution in [0, 0.1) is 0 Å². The predicted molar refractivity (Wildman–Crippen MR) is 71.3 cm³/mol. The normalized spacial score (nSPS) is 10.4. The van der Waals surface area contributed by atoms with Gasteiger partial charge < -0.3 is 14.9 Å². The van der Waals surface area contributed by atoms with Crippen molar-refractivity contribution >= 4 is 34.8 Å². The third-order valence-corrected chi connectivity index (χ3v) is 2.86. The maximum atomic E-state index is 9.68. The largest absolute Gasteiger partial charge is 0.504 e. The average Bonchev–Trinajstić information content (AvgIpc) is 2.25. The number of phenolic OH excluding ortho intramolecular Hbond substituents is 2. The van der Waals surface area contributed by atoms with Gasteiger partial charge in [-0.1, -0.05) is 34.8 Å². The summed E-state index contributed by atoms with van der Waals surface area (Å²) in [6, 6.07) is 7.03. The molecule has 0 fully saturated rings. The van der Waals surface area contributed by atoms with Crippen LogP contribution in [0.4, 0.5) is 0 Å². The Hall–Kier alpha value is -1.29. The second-order valence-corrected chi connectivity index (χ2v) is 4.73. The van der Waals surface area contributed by atoms with Crippen LogP contribution in [0.25, 0.3) is 0 Å². The Balaban J connectivity index is 2.40. The lowest BCUT2D eigenvalue weighted by Gasteiger charge is -2.11. The zero-order valence-corrected chi connectivity index (χ0v) is 11.1. The third kappa shape index (κ3) is 2.75. The zero-order valence-electron chi connectivity index (χ0n) is 8.82. The van der Waals surface area contributed by atoms with Gasteiger partial charge in [-0.25, -0.2) is 0 Å². The van der Waals surface area contributed by atoms with Crippen LogP contribution in [0.5, 0.6) is 23.0 Å². The molecule has 2 aromatic carbocycles. The third-order valence-electron chi connectivity index (χ3n) is 2.12. The second kappa shape index (κ2) is 5.14. The minimum absolute atomic E-state index is 0.0127. The molecule has 0 aromatic heterocycles. The van der Waals surface area contributed by atoms with E-state index in [-0.39, 0.29) is 33.0 Å². The Bertz CT molecular complexity index is 576. The van der Waals surface area contributed by atoms with Crippen LogP contribution in [0.3, 0.4) is 0 Å². The van der Waals surface area contributed by atoms with Gasteiger partial charge in [0.15, 0.2) is 23.0 Å². The van der Waals surface area contributed by atoms with Gasteiger partial charge in [-0.05, 0) is 18.2 Å². The van der Waals surface area contributed by atoms with Crippen molar-refractivity contribution in [1.82, 2.24) is 0 Å². The van der Waals surface area contributed by atoms with Crippen molar-refractivity contribution in [3.05, 3.63) is 45.4 Å². The molecular weight excluding hydrogens is 298 g/mol. The fourth-order valence-corrected chi connectivity index (χ4v) is 2.02. The molecular formula is C12H7Cl3O3. The molecule has 0 unspecified atom stereocenters. The monoisotopic (exact) mass is 304 g/mol. The summed E-state index contributed by atoms with van der Waals surface area (Å²) in [5, 5.41) is 20.1. The van der Waals surface area contributed by atoms with Gasteiger partial charge in [0.1, 0.15) is 0 Å². The first-order valence-electron chi connectivity index (χ1n) is 4.82. The molecule has 0 atom stereocenters. The summed E-state index contributed by atoms with van der Waals surface area (Å²) in [6.07, 6.45) is 0. The average molecular weight is 306 g/mol. The van der Waals surface area contributed by atoms with E-state index in [4.69, 9.17) is 39.5 Å². The molecule has 0 aliphatic heterocycles. The second-order valence-electron chi connectivity index (χ2n) is 3.45. The molecule has 2 rings (SSSR count). The minimum atomic E-state index is -0.221. The van der Waals surface area contributed by atoms with Crippen LogP contribution in [-0.4, -0.2) is 10.2 Å². The Kier molecular flexibility index (Phi) is 3.76. The number of phenols is 2. The molecule has 2 N–H and O–H groups in total. The van der Waals surface area contributed by atoms with Crippen molar-refractivity contribution in [2.75, 3.05) is 0 Å². The van der Waals surface area contributed by atoms with Crippen LogP contribution in [0.1, 0.15) is 0 Å². The number of halogens is 3. The van der Waals surface area contributed by atoms with Gasteiger partial charge in [-0.3, -0.25) is 0 Å². The first kappa shape index (κ1) is 13.1. The van der Waals surface area contributed by atoms with Gasteiger partial charge in [0.05, 0.1) is 5.02 Å². The molecule has 0 saturated carbocycles. The summed E-state index contributed by atoms with van der Waals surface area (Å²) in [6.45, 7) is 0. The quantitative estimate of drug-likeness (QED) is 0.834. The van der Waals surface area contributed by atoms with Crippen LogP contribution >= 0.6 is 34.8 Å². The fourth-order valence-electron chi connectivity index (χ4n) is 1.33. The maximum absolute atomic E-state index is 9.68. The van der Waals surface area contributed by atoms with Crippen LogP contribution < -0.4 is 4.74 Å². The van der Waals surface area contributed by atoms with E-state index in [1.54, 1.807) is 0 Å². The molecule has 0 aliphatic rings. The topological polar surface area (TPSA) is 49.7 Å². The predicted octanol–water partition coefficient (Wildman–Crippen LogP) is 4.85. The van der Waals surface area contributed by atoms with E-state index in [0.29, 0.717) is 5.02 Å². The van der Waals surface area contributed by atoms with Crippen molar-refractivity contribution in [2.24, 2.45) is 0 Å². The highest BCUT2D eigenvalue weighted by atomic mass is 35.5. The Morgan fingerprint density at radius 1 is 0.833 bits per heavy atom.